The summed E-state index contributed by atoms with van der Waals surface area (Å²) in [7, 11) is -2.15. The first-order chi connectivity index (χ1) is 10.1. The van der Waals surface area contributed by atoms with Gasteiger partial charge in [-0.2, -0.15) is 0 Å². The predicted molar refractivity (Wildman–Crippen MR) is 87.6 cm³/mol. The van der Waals surface area contributed by atoms with E-state index in [9.17, 15) is 13.2 Å². The lowest BCUT2D eigenvalue weighted by Gasteiger charge is -2.23. The van der Waals surface area contributed by atoms with Gasteiger partial charge >= 0.3 is 0 Å². The minimum atomic E-state index is -3.72. The van der Waals surface area contributed by atoms with Crippen molar-refractivity contribution in [3.63, 3.8) is 0 Å². The van der Waals surface area contributed by atoms with Gasteiger partial charge in [-0.05, 0) is 23.1 Å². The molecular weight excluding hydrogens is 300 g/mol. The SMILES string of the molecule is Cn1cc(NS(=O)(=O)c2ccccc2C(C)(C)C)ccc1=O. The molecule has 0 saturated carbocycles. The Morgan fingerprint density at radius 1 is 1.05 bits per heavy atom. The molecule has 0 aliphatic rings. The third kappa shape index (κ3) is 3.39. The zero-order chi connectivity index (χ0) is 16.5. The number of hydrogen-bond acceptors (Lipinski definition) is 3. The summed E-state index contributed by atoms with van der Waals surface area (Å²) < 4.78 is 29.2. The van der Waals surface area contributed by atoms with E-state index in [2.05, 4.69) is 4.72 Å². The van der Waals surface area contributed by atoms with Crippen LogP contribution >= 0.6 is 0 Å². The molecule has 0 atom stereocenters. The number of pyridine rings is 1. The second-order valence-electron chi connectivity index (χ2n) is 6.22. The number of nitrogens with zero attached hydrogens (tertiary/aromatic N) is 1. The van der Waals surface area contributed by atoms with Crippen LogP contribution in [-0.4, -0.2) is 13.0 Å². The van der Waals surface area contributed by atoms with Crippen LogP contribution in [0.3, 0.4) is 0 Å². The normalized spacial score (nSPS) is 12.2. The van der Waals surface area contributed by atoms with Gasteiger partial charge in [0.15, 0.2) is 0 Å². The fourth-order valence-electron chi connectivity index (χ4n) is 2.18. The van der Waals surface area contributed by atoms with Gasteiger partial charge < -0.3 is 4.57 Å². The third-order valence-corrected chi connectivity index (χ3v) is 4.76. The molecule has 1 aromatic heterocycles. The highest BCUT2D eigenvalue weighted by molar-refractivity contribution is 7.92. The molecule has 0 spiro atoms. The number of aryl methyl sites for hydroxylation is 1. The van der Waals surface area contributed by atoms with E-state index >= 15 is 0 Å². The van der Waals surface area contributed by atoms with E-state index in [4.69, 9.17) is 0 Å². The molecule has 2 aromatic rings. The summed E-state index contributed by atoms with van der Waals surface area (Å²) in [6, 6.07) is 9.71. The van der Waals surface area contributed by atoms with Gasteiger partial charge in [0.2, 0.25) is 5.56 Å². The molecule has 2 rings (SSSR count). The molecule has 0 fully saturated rings. The second-order valence-corrected chi connectivity index (χ2v) is 7.87. The molecule has 1 N–H and O–H groups in total. The molecule has 0 bridgehead atoms. The van der Waals surface area contributed by atoms with Crippen molar-refractivity contribution in [3.05, 3.63) is 58.5 Å². The van der Waals surface area contributed by atoms with E-state index in [0.29, 0.717) is 5.69 Å². The maximum absolute atomic E-state index is 12.7. The van der Waals surface area contributed by atoms with Gasteiger partial charge in [0.25, 0.3) is 10.0 Å². The topological polar surface area (TPSA) is 68.2 Å². The van der Waals surface area contributed by atoms with Crippen LogP contribution in [0.15, 0.2) is 52.3 Å². The molecular formula is C16H20N2O3S. The van der Waals surface area contributed by atoms with Crippen molar-refractivity contribution in [2.24, 2.45) is 7.05 Å². The molecule has 22 heavy (non-hydrogen) atoms. The van der Waals surface area contributed by atoms with Gasteiger partial charge in [-0.25, -0.2) is 8.42 Å². The summed E-state index contributed by atoms with van der Waals surface area (Å²) in [6.45, 7) is 5.90. The van der Waals surface area contributed by atoms with Crippen molar-refractivity contribution in [1.29, 1.82) is 0 Å². The van der Waals surface area contributed by atoms with Crippen molar-refractivity contribution >= 4 is 15.7 Å². The van der Waals surface area contributed by atoms with Gasteiger partial charge in [0.1, 0.15) is 0 Å². The summed E-state index contributed by atoms with van der Waals surface area (Å²) in [5.41, 5.74) is 0.602. The lowest BCUT2D eigenvalue weighted by Crippen LogP contribution is -2.22. The fraction of sp³-hybridized carbons (Fsp3) is 0.312. The molecule has 118 valence electrons. The van der Waals surface area contributed by atoms with E-state index in [-0.39, 0.29) is 15.9 Å². The quantitative estimate of drug-likeness (QED) is 0.944. The number of nitrogens with one attached hydrogen (secondary N) is 1. The molecule has 0 aliphatic heterocycles. The van der Waals surface area contributed by atoms with Gasteiger partial charge in [-0.1, -0.05) is 39.0 Å². The van der Waals surface area contributed by atoms with E-state index in [1.54, 1.807) is 19.2 Å². The van der Waals surface area contributed by atoms with Crippen LogP contribution in [0.4, 0.5) is 5.69 Å². The van der Waals surface area contributed by atoms with Crippen LogP contribution in [0.25, 0.3) is 0 Å². The standard InChI is InChI=1S/C16H20N2O3S/c1-16(2,3)13-7-5-6-8-14(13)22(20,21)17-12-9-10-15(19)18(4)11-12/h5-11,17H,1-4H3. The zero-order valence-corrected chi connectivity index (χ0v) is 13.9. The Bertz CT molecular complexity index is 846. The Balaban J connectivity index is 2.48. The average Bonchev–Trinajstić information content (AvgIpc) is 2.42. The molecule has 6 heteroatoms. The predicted octanol–water partition coefficient (Wildman–Crippen LogP) is 2.48. The Morgan fingerprint density at radius 2 is 1.68 bits per heavy atom. The first-order valence-corrected chi connectivity index (χ1v) is 8.38. The lowest BCUT2D eigenvalue weighted by atomic mass is 9.87. The number of sulfonamides is 1. The van der Waals surface area contributed by atoms with Crippen LogP contribution in [-0.2, 0) is 22.5 Å². The molecule has 1 aromatic carbocycles. The van der Waals surface area contributed by atoms with Gasteiger partial charge in [0.05, 0.1) is 10.6 Å². The third-order valence-electron chi connectivity index (χ3n) is 3.32. The molecule has 0 unspecified atom stereocenters. The maximum Gasteiger partial charge on any atom is 0.262 e. The van der Waals surface area contributed by atoms with Crippen molar-refractivity contribution < 1.29 is 8.42 Å². The van der Waals surface area contributed by atoms with Crippen LogP contribution in [0, 0.1) is 0 Å². The van der Waals surface area contributed by atoms with Crippen LogP contribution in [0.5, 0.6) is 0 Å². The van der Waals surface area contributed by atoms with E-state index in [1.165, 1.54) is 22.9 Å². The minimum absolute atomic E-state index is 0.196. The number of benzene rings is 1. The van der Waals surface area contributed by atoms with E-state index < -0.39 is 10.0 Å². The fourth-order valence-corrected chi connectivity index (χ4v) is 3.65. The summed E-state index contributed by atoms with van der Waals surface area (Å²) >= 11 is 0. The Morgan fingerprint density at radius 3 is 2.27 bits per heavy atom. The monoisotopic (exact) mass is 320 g/mol. The molecule has 0 saturated heterocycles. The highest BCUT2D eigenvalue weighted by atomic mass is 32.2. The van der Waals surface area contributed by atoms with Crippen molar-refractivity contribution in [1.82, 2.24) is 4.57 Å². The molecule has 0 radical (unpaired) electrons. The highest BCUT2D eigenvalue weighted by Crippen LogP contribution is 2.29. The van der Waals surface area contributed by atoms with Crippen LogP contribution in [0.2, 0.25) is 0 Å². The number of aromatic nitrogens is 1. The molecule has 0 aliphatic carbocycles. The number of hydrogen-bond donors (Lipinski definition) is 1. The first kappa shape index (κ1) is 16.3. The summed E-state index contributed by atoms with van der Waals surface area (Å²) in [5.74, 6) is 0. The largest absolute Gasteiger partial charge is 0.316 e. The van der Waals surface area contributed by atoms with Gasteiger partial charge in [0, 0.05) is 19.3 Å². The van der Waals surface area contributed by atoms with Gasteiger partial charge in [-0.3, -0.25) is 9.52 Å². The smallest absolute Gasteiger partial charge is 0.262 e. The first-order valence-electron chi connectivity index (χ1n) is 6.90. The summed E-state index contributed by atoms with van der Waals surface area (Å²) in [5, 5.41) is 0. The van der Waals surface area contributed by atoms with E-state index in [0.717, 1.165) is 5.56 Å². The van der Waals surface area contributed by atoms with E-state index in [1.807, 2.05) is 32.9 Å². The Kier molecular flexibility index (Phi) is 4.15. The van der Waals surface area contributed by atoms with Crippen molar-refractivity contribution in [2.45, 2.75) is 31.1 Å². The molecule has 0 amide bonds. The molecule has 1 heterocycles. The molecule has 5 nitrogen and oxygen atoms in total. The summed E-state index contributed by atoms with van der Waals surface area (Å²) in [6.07, 6.45) is 1.46. The minimum Gasteiger partial charge on any atom is -0.316 e. The van der Waals surface area contributed by atoms with Crippen molar-refractivity contribution in [2.75, 3.05) is 4.72 Å². The lowest BCUT2D eigenvalue weighted by molar-refractivity contribution is 0.563. The zero-order valence-electron chi connectivity index (χ0n) is 13.1. The van der Waals surface area contributed by atoms with Gasteiger partial charge in [-0.15, -0.1) is 0 Å². The van der Waals surface area contributed by atoms with Crippen molar-refractivity contribution in [3.8, 4) is 0 Å². The maximum atomic E-state index is 12.7. The second kappa shape index (κ2) is 5.61. The number of rotatable bonds is 3. The Hall–Kier alpha value is -2.08. The average molecular weight is 320 g/mol. The highest BCUT2D eigenvalue weighted by Gasteiger charge is 2.25. The number of anilines is 1. The Labute approximate surface area is 130 Å². The summed E-state index contributed by atoms with van der Waals surface area (Å²) in [4.78, 5) is 11.6. The van der Waals surface area contributed by atoms with Crippen LogP contribution in [0.1, 0.15) is 26.3 Å². The van der Waals surface area contributed by atoms with Crippen LogP contribution < -0.4 is 10.3 Å².